The molecule has 1 amide bonds. The normalized spacial score (nSPS) is 31.4. The number of nitrogens with zero attached hydrogens (tertiary/aromatic N) is 2. The molecule has 0 radical (unpaired) electrons. The molecule has 2 saturated heterocycles. The molecule has 3 unspecified atom stereocenters. The van der Waals surface area contributed by atoms with Crippen LogP contribution in [0.15, 0.2) is 12.1 Å². The Morgan fingerprint density at radius 3 is 2.80 bits per heavy atom. The first-order chi connectivity index (χ1) is 9.60. The number of carbonyl (C=O) groups excluding carboxylic acids is 1. The lowest BCUT2D eigenvalue weighted by Crippen LogP contribution is -2.41. The van der Waals surface area contributed by atoms with E-state index in [2.05, 4.69) is 48.1 Å². The maximum atomic E-state index is 12.7. The van der Waals surface area contributed by atoms with Crippen molar-refractivity contribution in [2.45, 2.75) is 44.9 Å². The molecule has 1 aromatic heterocycles. The molecule has 3 rings (SSSR count). The molecule has 110 valence electrons. The van der Waals surface area contributed by atoms with Crippen LogP contribution >= 0.6 is 11.3 Å². The van der Waals surface area contributed by atoms with E-state index in [0.29, 0.717) is 6.04 Å². The number of rotatable bonds is 3. The van der Waals surface area contributed by atoms with E-state index in [1.165, 1.54) is 9.75 Å². The Hall–Kier alpha value is -0.910. The number of carbonyl (C=O) groups is 1. The molecule has 3 heterocycles. The monoisotopic (exact) mass is 293 g/mol. The summed E-state index contributed by atoms with van der Waals surface area (Å²) in [5.41, 5.74) is 0. The molecule has 0 saturated carbocycles. The van der Waals surface area contributed by atoms with Crippen LogP contribution in [0.5, 0.6) is 0 Å². The second-order valence-corrected chi connectivity index (χ2v) is 7.25. The summed E-state index contributed by atoms with van der Waals surface area (Å²) in [5.74, 6) is 0.281. The van der Waals surface area contributed by atoms with Gasteiger partial charge in [-0.1, -0.05) is 6.92 Å². The highest BCUT2D eigenvalue weighted by molar-refractivity contribution is 7.12. The zero-order valence-electron chi connectivity index (χ0n) is 12.4. The van der Waals surface area contributed by atoms with E-state index in [-0.39, 0.29) is 18.1 Å². The zero-order valence-corrected chi connectivity index (χ0v) is 13.2. The Morgan fingerprint density at radius 1 is 1.45 bits per heavy atom. The van der Waals surface area contributed by atoms with Crippen LogP contribution < -0.4 is 5.32 Å². The molecular formula is C15H23N3OS. The maximum absolute atomic E-state index is 12.7. The lowest BCUT2D eigenvalue weighted by Gasteiger charge is -2.29. The van der Waals surface area contributed by atoms with Gasteiger partial charge < -0.3 is 9.80 Å². The van der Waals surface area contributed by atoms with Gasteiger partial charge >= 0.3 is 0 Å². The summed E-state index contributed by atoms with van der Waals surface area (Å²) in [4.78, 5) is 19.7. The fourth-order valence-corrected chi connectivity index (χ4v) is 4.23. The second-order valence-electron chi connectivity index (χ2n) is 5.93. The topological polar surface area (TPSA) is 35.6 Å². The van der Waals surface area contributed by atoms with Gasteiger partial charge in [-0.05, 0) is 45.5 Å². The van der Waals surface area contributed by atoms with Crippen LogP contribution in [0.3, 0.4) is 0 Å². The van der Waals surface area contributed by atoms with Crippen molar-refractivity contribution in [1.29, 1.82) is 0 Å². The molecule has 2 fully saturated rings. The average molecular weight is 293 g/mol. The lowest BCUT2D eigenvalue weighted by atomic mass is 10.2. The van der Waals surface area contributed by atoms with Crippen molar-refractivity contribution in [2.75, 3.05) is 20.1 Å². The number of hydrogen-bond donors (Lipinski definition) is 1. The minimum atomic E-state index is -0.0201. The number of hydrogen-bond acceptors (Lipinski definition) is 4. The van der Waals surface area contributed by atoms with Gasteiger partial charge in [-0.25, -0.2) is 0 Å². The van der Waals surface area contributed by atoms with Crippen LogP contribution in [0.1, 0.15) is 35.7 Å². The summed E-state index contributed by atoms with van der Waals surface area (Å²) in [6.07, 6.45) is 2.02. The Bertz CT molecular complexity index is 501. The van der Waals surface area contributed by atoms with E-state index in [1.807, 2.05) is 0 Å². The van der Waals surface area contributed by atoms with E-state index in [1.54, 1.807) is 11.3 Å². The van der Waals surface area contributed by atoms with E-state index in [9.17, 15) is 4.79 Å². The predicted molar refractivity (Wildman–Crippen MR) is 81.8 cm³/mol. The molecule has 1 N–H and O–H groups in total. The van der Waals surface area contributed by atoms with Gasteiger partial charge in [0, 0.05) is 22.3 Å². The summed E-state index contributed by atoms with van der Waals surface area (Å²) in [6.45, 7) is 6.28. The molecular weight excluding hydrogens is 270 g/mol. The van der Waals surface area contributed by atoms with Crippen molar-refractivity contribution >= 4 is 17.2 Å². The Labute approximate surface area is 124 Å². The molecule has 0 bridgehead atoms. The molecule has 2 aliphatic rings. The minimum absolute atomic E-state index is 0.0201. The van der Waals surface area contributed by atoms with Gasteiger partial charge in [0.05, 0.1) is 6.04 Å². The summed E-state index contributed by atoms with van der Waals surface area (Å²) in [7, 11) is 2.13. The fraction of sp³-hybridized carbons (Fsp3) is 0.667. The minimum Gasteiger partial charge on any atom is -0.316 e. The van der Waals surface area contributed by atoms with Crippen molar-refractivity contribution in [3.63, 3.8) is 0 Å². The van der Waals surface area contributed by atoms with Crippen molar-refractivity contribution in [3.8, 4) is 0 Å². The van der Waals surface area contributed by atoms with E-state index >= 15 is 0 Å². The Morgan fingerprint density at radius 2 is 2.25 bits per heavy atom. The third-order valence-corrected chi connectivity index (χ3v) is 5.44. The SMILES string of the molecule is CCC1NC(c2ccc(C)s2)N(C2CCN(C)C2)C1=O. The van der Waals surface area contributed by atoms with E-state index in [0.717, 1.165) is 25.9 Å². The number of thiophene rings is 1. The Kier molecular flexibility index (Phi) is 3.84. The van der Waals surface area contributed by atoms with Gasteiger partial charge in [0.2, 0.25) is 5.91 Å². The van der Waals surface area contributed by atoms with Gasteiger partial charge in [-0.3, -0.25) is 10.1 Å². The van der Waals surface area contributed by atoms with Gasteiger partial charge in [-0.15, -0.1) is 11.3 Å². The maximum Gasteiger partial charge on any atom is 0.241 e. The van der Waals surface area contributed by atoms with E-state index in [4.69, 9.17) is 0 Å². The van der Waals surface area contributed by atoms with Crippen molar-refractivity contribution in [3.05, 3.63) is 21.9 Å². The van der Waals surface area contributed by atoms with Crippen LogP contribution in [-0.2, 0) is 4.79 Å². The number of amides is 1. The van der Waals surface area contributed by atoms with Crippen molar-refractivity contribution in [2.24, 2.45) is 0 Å². The highest BCUT2D eigenvalue weighted by Crippen LogP contribution is 2.34. The van der Waals surface area contributed by atoms with Crippen LogP contribution in [0.25, 0.3) is 0 Å². The summed E-state index contributed by atoms with van der Waals surface area (Å²) < 4.78 is 0. The van der Waals surface area contributed by atoms with Gasteiger partial charge in [0.25, 0.3) is 0 Å². The molecule has 0 aliphatic carbocycles. The van der Waals surface area contributed by atoms with Crippen LogP contribution in [-0.4, -0.2) is 47.9 Å². The molecule has 1 aromatic rings. The third kappa shape index (κ3) is 2.38. The molecule has 5 heteroatoms. The smallest absolute Gasteiger partial charge is 0.241 e. The molecule has 3 atom stereocenters. The molecule has 0 aromatic carbocycles. The second kappa shape index (κ2) is 5.47. The first kappa shape index (κ1) is 14.0. The third-order valence-electron chi connectivity index (χ3n) is 4.39. The van der Waals surface area contributed by atoms with Crippen LogP contribution in [0.2, 0.25) is 0 Å². The largest absolute Gasteiger partial charge is 0.316 e. The predicted octanol–water partition coefficient (Wildman–Crippen LogP) is 1.97. The van der Waals surface area contributed by atoms with E-state index < -0.39 is 0 Å². The molecule has 4 nitrogen and oxygen atoms in total. The summed E-state index contributed by atoms with van der Waals surface area (Å²) >= 11 is 1.79. The first-order valence-corrected chi connectivity index (χ1v) is 8.25. The van der Waals surface area contributed by atoms with Crippen molar-refractivity contribution < 1.29 is 4.79 Å². The zero-order chi connectivity index (χ0) is 14.3. The van der Waals surface area contributed by atoms with Crippen LogP contribution in [0, 0.1) is 6.92 Å². The average Bonchev–Trinajstić information content (AvgIpc) is 3.09. The van der Waals surface area contributed by atoms with Gasteiger partial charge in [0.15, 0.2) is 0 Å². The highest BCUT2D eigenvalue weighted by atomic mass is 32.1. The fourth-order valence-electron chi connectivity index (χ4n) is 3.29. The molecule has 2 aliphatic heterocycles. The Balaban J connectivity index is 1.88. The number of nitrogens with one attached hydrogen (secondary N) is 1. The lowest BCUT2D eigenvalue weighted by molar-refractivity contribution is -0.132. The molecule has 20 heavy (non-hydrogen) atoms. The van der Waals surface area contributed by atoms with Gasteiger partial charge in [-0.2, -0.15) is 0 Å². The highest BCUT2D eigenvalue weighted by Gasteiger charge is 2.44. The quantitative estimate of drug-likeness (QED) is 0.925. The summed E-state index contributed by atoms with van der Waals surface area (Å²) in [5, 5.41) is 3.53. The number of likely N-dealkylation sites (N-methyl/N-ethyl adjacent to an activating group) is 1. The number of likely N-dealkylation sites (tertiary alicyclic amines) is 1. The standard InChI is InChI=1S/C15H23N3OS/c1-4-12-15(19)18(11-7-8-17(3)9-11)14(16-12)13-6-5-10(2)20-13/h5-6,11-12,14,16H,4,7-9H2,1-3H3. The van der Waals surface area contributed by atoms with Crippen LogP contribution in [0.4, 0.5) is 0 Å². The first-order valence-electron chi connectivity index (χ1n) is 7.43. The number of aryl methyl sites for hydroxylation is 1. The van der Waals surface area contributed by atoms with Gasteiger partial charge in [0.1, 0.15) is 6.17 Å². The summed E-state index contributed by atoms with van der Waals surface area (Å²) in [6, 6.07) is 4.64. The molecule has 0 spiro atoms. The van der Waals surface area contributed by atoms with Crippen molar-refractivity contribution in [1.82, 2.24) is 15.1 Å².